The summed E-state index contributed by atoms with van der Waals surface area (Å²) in [5, 5.41) is 23.8. The molecule has 0 radical (unpaired) electrons. The zero-order valence-electron chi connectivity index (χ0n) is 21.8. The van der Waals surface area contributed by atoms with E-state index >= 15 is 0 Å². The second-order valence-corrected chi connectivity index (χ2v) is 9.69. The highest BCUT2D eigenvalue weighted by Crippen LogP contribution is 2.39. The van der Waals surface area contributed by atoms with E-state index in [0.29, 0.717) is 17.0 Å². The fraction of sp³-hybridized carbons (Fsp3) is 0.258. The largest absolute Gasteiger partial charge is 0.504 e. The van der Waals surface area contributed by atoms with Crippen molar-refractivity contribution < 1.29 is 14.6 Å². The number of methoxy groups -OCH3 is 1. The normalized spacial score (nSPS) is 14.8. The number of nitriles is 1. The Kier molecular flexibility index (Phi) is 6.89. The molecule has 0 unspecified atom stereocenters. The minimum Gasteiger partial charge on any atom is -0.504 e. The van der Waals surface area contributed by atoms with E-state index in [9.17, 15) is 15.2 Å². The number of amides is 1. The quantitative estimate of drug-likeness (QED) is 0.337. The third-order valence-corrected chi connectivity index (χ3v) is 7.18. The average Bonchev–Trinajstić information content (AvgIpc) is 3.24. The van der Waals surface area contributed by atoms with Crippen LogP contribution >= 0.6 is 0 Å². The molecule has 1 atom stereocenters. The highest BCUT2D eigenvalue weighted by atomic mass is 16.5. The summed E-state index contributed by atoms with van der Waals surface area (Å²) in [5.74, 6) is 0.104. The molecule has 38 heavy (non-hydrogen) atoms. The molecule has 192 valence electrons. The Morgan fingerprint density at radius 3 is 2.87 bits per heavy atom. The molecule has 7 heteroatoms. The lowest BCUT2D eigenvalue weighted by Crippen LogP contribution is -2.21. The number of phenols is 1. The Bertz CT molecular complexity index is 1610. The van der Waals surface area contributed by atoms with Crippen LogP contribution in [-0.2, 0) is 17.8 Å². The smallest absolute Gasteiger partial charge is 0.244 e. The van der Waals surface area contributed by atoms with E-state index in [2.05, 4.69) is 40.2 Å². The van der Waals surface area contributed by atoms with Gasteiger partial charge in [0.25, 0.3) is 0 Å². The van der Waals surface area contributed by atoms with Gasteiger partial charge in [0.2, 0.25) is 5.91 Å². The van der Waals surface area contributed by atoms with Crippen LogP contribution in [0.2, 0.25) is 0 Å². The maximum Gasteiger partial charge on any atom is 0.244 e. The molecule has 4 aromatic rings. The van der Waals surface area contributed by atoms with Crippen molar-refractivity contribution in [3.05, 3.63) is 93.8 Å². The molecule has 2 heterocycles. The van der Waals surface area contributed by atoms with Crippen molar-refractivity contribution in [1.29, 1.82) is 5.26 Å². The monoisotopic (exact) mass is 506 g/mol. The molecule has 0 saturated carbocycles. The number of nitrogens with zero attached hydrogens (tertiary/aromatic N) is 3. The summed E-state index contributed by atoms with van der Waals surface area (Å²) in [6, 6.07) is 17.8. The Balaban J connectivity index is 1.54. The van der Waals surface area contributed by atoms with Crippen LogP contribution in [0, 0.1) is 25.2 Å². The number of fused-ring (bicyclic) bond motifs is 2. The highest BCUT2D eigenvalue weighted by Gasteiger charge is 2.28. The number of hydrogen-bond donors (Lipinski definition) is 2. The van der Waals surface area contributed by atoms with Crippen LogP contribution in [0.4, 0.5) is 0 Å². The molecule has 0 fully saturated rings. The van der Waals surface area contributed by atoms with Gasteiger partial charge in [0.15, 0.2) is 11.5 Å². The number of rotatable bonds is 6. The van der Waals surface area contributed by atoms with E-state index < -0.39 is 0 Å². The van der Waals surface area contributed by atoms with Crippen LogP contribution < -0.4 is 10.1 Å². The zero-order valence-corrected chi connectivity index (χ0v) is 21.8. The number of phenolic OH excluding ortho intramolecular Hbond substituents is 1. The summed E-state index contributed by atoms with van der Waals surface area (Å²) < 4.78 is 7.30. The fourth-order valence-electron chi connectivity index (χ4n) is 5.49. The molecule has 0 saturated heterocycles. The molecule has 1 amide bonds. The number of hydrogen-bond acceptors (Lipinski definition) is 5. The molecular formula is C31H30N4O3. The number of aryl methyl sites for hydroxylation is 3. The van der Waals surface area contributed by atoms with Gasteiger partial charge < -0.3 is 19.7 Å². The second kappa shape index (κ2) is 10.4. The predicted molar refractivity (Wildman–Crippen MR) is 147 cm³/mol. The standard InChI is InChI=1S/C31H30N4O3/c1-19-15-20(2)34-31-30(19)24(17-32)26(35(31)25-10-6-8-22-7-4-5-9-23(22)25)12-14-29(37)33-18-21-11-13-27(36)28(16-21)38-3/h4-5,7,9,11-16,25,36H,6,8,10,18H2,1-3H3,(H,33,37)/t25-/m0/s1. The van der Waals surface area contributed by atoms with E-state index in [4.69, 9.17) is 9.72 Å². The van der Waals surface area contributed by atoms with Crippen molar-refractivity contribution in [3.63, 3.8) is 0 Å². The van der Waals surface area contributed by atoms with Crippen LogP contribution in [0.15, 0.2) is 54.6 Å². The van der Waals surface area contributed by atoms with Gasteiger partial charge in [-0.05, 0) is 79.6 Å². The summed E-state index contributed by atoms with van der Waals surface area (Å²) in [5.41, 5.74) is 7.21. The van der Waals surface area contributed by atoms with Crippen molar-refractivity contribution >= 4 is 23.0 Å². The number of benzene rings is 2. The molecule has 0 spiro atoms. The van der Waals surface area contributed by atoms with Crippen LogP contribution in [0.1, 0.15) is 58.1 Å². The molecule has 2 aromatic carbocycles. The van der Waals surface area contributed by atoms with Crippen molar-refractivity contribution in [3.8, 4) is 17.6 Å². The molecule has 1 aliphatic rings. The molecule has 1 aliphatic carbocycles. The van der Waals surface area contributed by atoms with Gasteiger partial charge in [0.1, 0.15) is 11.7 Å². The van der Waals surface area contributed by atoms with Crippen molar-refractivity contribution in [1.82, 2.24) is 14.9 Å². The number of ether oxygens (including phenoxy) is 1. The van der Waals surface area contributed by atoms with Gasteiger partial charge in [-0.15, -0.1) is 0 Å². The number of pyridine rings is 1. The van der Waals surface area contributed by atoms with E-state index in [1.165, 1.54) is 30.4 Å². The Morgan fingerprint density at radius 2 is 2.08 bits per heavy atom. The molecule has 5 rings (SSSR count). The topological polar surface area (TPSA) is 100 Å². The van der Waals surface area contributed by atoms with E-state index in [1.807, 2.05) is 19.9 Å². The maximum absolute atomic E-state index is 12.8. The third kappa shape index (κ3) is 4.61. The summed E-state index contributed by atoms with van der Waals surface area (Å²) in [6.07, 6.45) is 6.20. The lowest BCUT2D eigenvalue weighted by molar-refractivity contribution is -0.116. The molecule has 0 bridgehead atoms. The van der Waals surface area contributed by atoms with Gasteiger partial charge >= 0.3 is 0 Å². The summed E-state index contributed by atoms with van der Waals surface area (Å²) >= 11 is 0. The van der Waals surface area contributed by atoms with E-state index in [1.54, 1.807) is 18.2 Å². The van der Waals surface area contributed by atoms with Gasteiger partial charge in [-0.2, -0.15) is 5.26 Å². The van der Waals surface area contributed by atoms with Crippen LogP contribution in [0.25, 0.3) is 17.1 Å². The first-order valence-corrected chi connectivity index (χ1v) is 12.7. The minimum atomic E-state index is -0.289. The number of carbonyl (C=O) groups is 1. The van der Waals surface area contributed by atoms with Gasteiger partial charge in [0.05, 0.1) is 24.4 Å². The van der Waals surface area contributed by atoms with E-state index in [0.717, 1.165) is 47.1 Å². The van der Waals surface area contributed by atoms with Gasteiger partial charge in [-0.1, -0.05) is 30.3 Å². The summed E-state index contributed by atoms with van der Waals surface area (Å²) in [7, 11) is 1.48. The molecule has 2 N–H and O–H groups in total. The van der Waals surface area contributed by atoms with Gasteiger partial charge in [-0.3, -0.25) is 4.79 Å². The SMILES string of the molecule is COc1cc(CNC(=O)C=Cc2c(C#N)c3c(C)cc(C)nc3n2[C@H]2CCCc3ccccc32)ccc1O. The third-order valence-electron chi connectivity index (χ3n) is 7.18. The van der Waals surface area contributed by atoms with Crippen molar-refractivity contribution in [2.75, 3.05) is 7.11 Å². The predicted octanol–water partition coefficient (Wildman–Crippen LogP) is 5.49. The zero-order chi connectivity index (χ0) is 26.8. The first-order valence-electron chi connectivity index (χ1n) is 12.7. The number of nitrogens with one attached hydrogen (secondary N) is 1. The number of carbonyl (C=O) groups excluding carboxylic acids is 1. The lowest BCUT2D eigenvalue weighted by Gasteiger charge is -2.28. The Labute approximate surface area is 222 Å². The summed E-state index contributed by atoms with van der Waals surface area (Å²) in [4.78, 5) is 17.7. The molecule has 7 nitrogen and oxygen atoms in total. The first-order chi connectivity index (χ1) is 18.4. The molecule has 2 aromatic heterocycles. The maximum atomic E-state index is 12.8. The van der Waals surface area contributed by atoms with Crippen molar-refractivity contribution in [2.45, 2.75) is 45.7 Å². The fourth-order valence-corrected chi connectivity index (χ4v) is 5.49. The van der Waals surface area contributed by atoms with Crippen LogP contribution in [0.3, 0.4) is 0 Å². The Morgan fingerprint density at radius 1 is 1.26 bits per heavy atom. The summed E-state index contributed by atoms with van der Waals surface area (Å²) in [6.45, 7) is 4.23. The Hall–Kier alpha value is -4.57. The second-order valence-electron chi connectivity index (χ2n) is 9.69. The average molecular weight is 507 g/mol. The number of aromatic hydroxyl groups is 1. The number of aromatic nitrogens is 2. The minimum absolute atomic E-state index is 0.0189. The lowest BCUT2D eigenvalue weighted by atomic mass is 9.87. The van der Waals surface area contributed by atoms with Crippen LogP contribution in [0.5, 0.6) is 11.5 Å². The molecular weight excluding hydrogens is 476 g/mol. The van der Waals surface area contributed by atoms with Gasteiger partial charge in [0, 0.05) is 23.7 Å². The van der Waals surface area contributed by atoms with E-state index in [-0.39, 0.29) is 24.2 Å². The van der Waals surface area contributed by atoms with Gasteiger partial charge in [-0.25, -0.2) is 4.98 Å². The van der Waals surface area contributed by atoms with Crippen LogP contribution in [-0.4, -0.2) is 27.7 Å². The molecule has 0 aliphatic heterocycles. The first kappa shape index (κ1) is 25.1. The highest BCUT2D eigenvalue weighted by molar-refractivity contribution is 5.96. The van der Waals surface area contributed by atoms with Crippen molar-refractivity contribution in [2.24, 2.45) is 0 Å².